The van der Waals surface area contributed by atoms with Crippen molar-refractivity contribution in [3.63, 3.8) is 0 Å². The Kier molecular flexibility index (Phi) is 9.63. The van der Waals surface area contributed by atoms with E-state index >= 15 is 0 Å². The number of carbonyl (C=O) groups is 1. The van der Waals surface area contributed by atoms with Gasteiger partial charge in [-0.3, -0.25) is 9.69 Å². The van der Waals surface area contributed by atoms with Crippen LogP contribution in [0, 0.1) is 0 Å². The Balaban J connectivity index is 1.33. The van der Waals surface area contributed by atoms with Crippen LogP contribution >= 0.6 is 11.3 Å². The van der Waals surface area contributed by atoms with Crippen LogP contribution in [-0.2, 0) is 11.3 Å². The summed E-state index contributed by atoms with van der Waals surface area (Å²) >= 11 is 1.65. The van der Waals surface area contributed by atoms with Crippen molar-refractivity contribution in [2.24, 2.45) is 0 Å². The molecule has 1 atom stereocenters. The van der Waals surface area contributed by atoms with E-state index in [1.54, 1.807) is 24.5 Å². The number of thiophene rings is 1. The van der Waals surface area contributed by atoms with Gasteiger partial charge in [-0.2, -0.15) is 0 Å². The lowest BCUT2D eigenvalue weighted by Crippen LogP contribution is -2.43. The van der Waals surface area contributed by atoms with Crippen molar-refractivity contribution in [1.29, 1.82) is 0 Å². The van der Waals surface area contributed by atoms with Gasteiger partial charge in [0.1, 0.15) is 0 Å². The number of carbonyl (C=O) groups excluding carboxylic acids is 1. The molecule has 1 unspecified atom stereocenters. The fourth-order valence-corrected chi connectivity index (χ4v) is 5.60. The molecule has 3 heterocycles. The number of nitrogens with zero attached hydrogens (tertiary/aromatic N) is 3. The second-order valence-corrected chi connectivity index (χ2v) is 10.6. The molecule has 1 aromatic heterocycles. The van der Waals surface area contributed by atoms with Crippen LogP contribution in [-0.4, -0.2) is 80.1 Å². The van der Waals surface area contributed by atoms with E-state index in [-0.39, 0.29) is 11.9 Å². The summed E-state index contributed by atoms with van der Waals surface area (Å²) in [7, 11) is 3.89. The average molecular weight is 498 g/mol. The third-order valence-corrected chi connectivity index (χ3v) is 7.84. The summed E-state index contributed by atoms with van der Waals surface area (Å²) in [4.78, 5) is 20.9. The van der Waals surface area contributed by atoms with E-state index in [4.69, 9.17) is 9.47 Å². The molecule has 2 aromatic rings. The highest BCUT2D eigenvalue weighted by atomic mass is 32.1. The Morgan fingerprint density at radius 1 is 1.09 bits per heavy atom. The Morgan fingerprint density at radius 3 is 2.83 bits per heavy atom. The molecule has 0 N–H and O–H groups in total. The maximum Gasteiger partial charge on any atom is 0.246 e. The number of piperidine rings is 1. The minimum Gasteiger partial charge on any atom is -0.493 e. The molecule has 7 heteroatoms. The van der Waals surface area contributed by atoms with Crippen molar-refractivity contribution < 1.29 is 14.3 Å². The van der Waals surface area contributed by atoms with Crippen molar-refractivity contribution in [3.8, 4) is 11.5 Å². The number of amides is 1. The third-order valence-electron chi connectivity index (χ3n) is 7.00. The van der Waals surface area contributed by atoms with Crippen molar-refractivity contribution in [3.05, 3.63) is 52.2 Å². The molecule has 2 saturated heterocycles. The van der Waals surface area contributed by atoms with Crippen LogP contribution in [0.4, 0.5) is 0 Å². The van der Waals surface area contributed by atoms with Gasteiger partial charge in [-0.1, -0.05) is 12.1 Å². The van der Waals surface area contributed by atoms with Crippen molar-refractivity contribution >= 4 is 23.3 Å². The first-order valence-corrected chi connectivity index (χ1v) is 13.7. The summed E-state index contributed by atoms with van der Waals surface area (Å²) in [5.74, 6) is 1.66. The van der Waals surface area contributed by atoms with Gasteiger partial charge < -0.3 is 19.3 Å². The van der Waals surface area contributed by atoms with Gasteiger partial charge >= 0.3 is 0 Å². The summed E-state index contributed by atoms with van der Waals surface area (Å²) in [6.45, 7) is 6.80. The van der Waals surface area contributed by atoms with E-state index in [2.05, 4.69) is 29.0 Å². The Bertz CT molecular complexity index is 962. The zero-order valence-electron chi connectivity index (χ0n) is 21.2. The van der Waals surface area contributed by atoms with Gasteiger partial charge in [-0.15, -0.1) is 11.3 Å². The van der Waals surface area contributed by atoms with Crippen molar-refractivity contribution in [2.75, 3.05) is 53.5 Å². The van der Waals surface area contributed by atoms with Crippen LogP contribution in [0.25, 0.3) is 6.08 Å². The molecular formula is C28H39N3O3S. The lowest BCUT2D eigenvalue weighted by molar-refractivity contribution is -0.129. The topological polar surface area (TPSA) is 45.2 Å². The molecule has 1 aromatic carbocycles. The number of rotatable bonds is 9. The number of benzene rings is 1. The van der Waals surface area contributed by atoms with E-state index in [9.17, 15) is 4.79 Å². The average Bonchev–Trinajstić information content (AvgIpc) is 3.32. The fourth-order valence-electron chi connectivity index (χ4n) is 4.98. The number of hydrogen-bond donors (Lipinski definition) is 0. The summed E-state index contributed by atoms with van der Waals surface area (Å²) in [6.07, 6.45) is 8.93. The first kappa shape index (κ1) is 25.7. The van der Waals surface area contributed by atoms with E-state index in [0.29, 0.717) is 6.61 Å². The fraction of sp³-hybridized carbons (Fsp3) is 0.536. The number of likely N-dealkylation sites (tertiary alicyclic amines) is 1. The molecule has 0 radical (unpaired) electrons. The van der Waals surface area contributed by atoms with Crippen molar-refractivity contribution in [1.82, 2.24) is 14.7 Å². The van der Waals surface area contributed by atoms with Crippen LogP contribution in [0.3, 0.4) is 0 Å². The Morgan fingerprint density at radius 2 is 2.00 bits per heavy atom. The van der Waals surface area contributed by atoms with Gasteiger partial charge in [0.05, 0.1) is 13.7 Å². The van der Waals surface area contributed by atoms with Gasteiger partial charge in [0.15, 0.2) is 11.5 Å². The first-order chi connectivity index (χ1) is 17.1. The molecule has 4 rings (SSSR count). The molecule has 2 aliphatic rings. The maximum absolute atomic E-state index is 12.9. The minimum absolute atomic E-state index is 0.103. The van der Waals surface area contributed by atoms with Gasteiger partial charge in [0.2, 0.25) is 5.91 Å². The maximum atomic E-state index is 12.9. The number of methoxy groups -OCH3 is 1. The molecule has 35 heavy (non-hydrogen) atoms. The number of likely N-dealkylation sites (N-methyl/N-ethyl adjacent to an activating group) is 1. The van der Waals surface area contributed by atoms with Crippen LogP contribution in [0.2, 0.25) is 0 Å². The van der Waals surface area contributed by atoms with Crippen LogP contribution in [0.1, 0.15) is 42.5 Å². The molecule has 2 fully saturated rings. The molecule has 1 amide bonds. The second kappa shape index (κ2) is 13.1. The highest BCUT2D eigenvalue weighted by molar-refractivity contribution is 7.10. The Labute approximate surface area is 214 Å². The molecule has 0 aliphatic carbocycles. The third kappa shape index (κ3) is 7.56. The zero-order chi connectivity index (χ0) is 24.5. The largest absolute Gasteiger partial charge is 0.493 e. The van der Waals surface area contributed by atoms with E-state index < -0.39 is 0 Å². The molecule has 0 spiro atoms. The summed E-state index contributed by atoms with van der Waals surface area (Å²) in [5, 5.41) is 2.03. The monoisotopic (exact) mass is 497 g/mol. The zero-order valence-corrected chi connectivity index (χ0v) is 22.0. The molecule has 0 saturated carbocycles. The van der Waals surface area contributed by atoms with Crippen LogP contribution in [0.5, 0.6) is 11.5 Å². The van der Waals surface area contributed by atoms with Crippen molar-refractivity contribution in [2.45, 2.75) is 44.7 Å². The lowest BCUT2D eigenvalue weighted by Gasteiger charge is -2.35. The first-order valence-electron chi connectivity index (χ1n) is 12.8. The van der Waals surface area contributed by atoms with E-state index in [0.717, 1.165) is 81.3 Å². The predicted molar refractivity (Wildman–Crippen MR) is 143 cm³/mol. The van der Waals surface area contributed by atoms with Crippen LogP contribution in [0.15, 0.2) is 41.8 Å². The standard InChI is InChI=1S/C28H39N3O3S/c1-29-14-6-15-30(18-17-29)22-23-9-11-26(33-2)27(21-23)34-19-13-24-7-3-4-16-31(24)28(32)12-10-25-8-5-20-35-25/h5,8-12,20-21,24H,3-4,6-7,13-19,22H2,1-2H3/b12-10+. The minimum atomic E-state index is 0.103. The summed E-state index contributed by atoms with van der Waals surface area (Å²) in [5.41, 5.74) is 1.25. The van der Waals surface area contributed by atoms with E-state index in [1.807, 2.05) is 34.6 Å². The van der Waals surface area contributed by atoms with Gasteiger partial charge in [-0.25, -0.2) is 0 Å². The highest BCUT2D eigenvalue weighted by Gasteiger charge is 2.25. The van der Waals surface area contributed by atoms with Gasteiger partial charge in [-0.05, 0) is 81.0 Å². The molecule has 2 aliphatic heterocycles. The van der Waals surface area contributed by atoms with Gasteiger partial charge in [0.25, 0.3) is 0 Å². The summed E-state index contributed by atoms with van der Waals surface area (Å²) < 4.78 is 11.8. The van der Waals surface area contributed by atoms with E-state index in [1.165, 1.54) is 12.0 Å². The molecule has 0 bridgehead atoms. The van der Waals surface area contributed by atoms with Crippen LogP contribution < -0.4 is 9.47 Å². The quantitative estimate of drug-likeness (QED) is 0.468. The predicted octanol–water partition coefficient (Wildman–Crippen LogP) is 4.76. The molecule has 6 nitrogen and oxygen atoms in total. The molecular weight excluding hydrogens is 458 g/mol. The lowest BCUT2D eigenvalue weighted by atomic mass is 9.99. The smallest absolute Gasteiger partial charge is 0.246 e. The number of hydrogen-bond acceptors (Lipinski definition) is 6. The SMILES string of the molecule is COc1ccc(CN2CCCN(C)CC2)cc1OCCC1CCCCN1C(=O)/C=C/c1cccs1. The summed E-state index contributed by atoms with van der Waals surface area (Å²) in [6, 6.07) is 10.5. The Hall–Kier alpha value is -2.35. The van der Waals surface area contributed by atoms with Gasteiger partial charge in [0, 0.05) is 49.6 Å². The second-order valence-electron chi connectivity index (χ2n) is 9.59. The number of ether oxygens (including phenoxy) is 2. The molecule has 190 valence electrons. The highest BCUT2D eigenvalue weighted by Crippen LogP contribution is 2.30. The normalized spacial score (nSPS) is 20.2.